The van der Waals surface area contributed by atoms with Gasteiger partial charge in [-0.1, -0.05) is 29.8 Å². The van der Waals surface area contributed by atoms with Crippen molar-refractivity contribution in [1.29, 1.82) is 0 Å². The van der Waals surface area contributed by atoms with Crippen molar-refractivity contribution < 1.29 is 4.79 Å². The van der Waals surface area contributed by atoms with Crippen LogP contribution in [0.2, 0.25) is 5.02 Å². The molecular weight excluding hydrogens is 358 g/mol. The van der Waals surface area contributed by atoms with Crippen LogP contribution in [0.15, 0.2) is 60.7 Å². The molecule has 0 saturated carbocycles. The molecule has 0 aliphatic rings. The minimum atomic E-state index is -0.160. The maximum atomic E-state index is 12.5. The summed E-state index contributed by atoms with van der Waals surface area (Å²) in [6.45, 7) is 3.96. The summed E-state index contributed by atoms with van der Waals surface area (Å²) in [5.74, 6) is 0.628. The van der Waals surface area contributed by atoms with E-state index in [1.807, 2.05) is 37.3 Å². The number of nitrogens with zero attached hydrogens (tertiary/aromatic N) is 1. The first-order valence-electron chi connectivity index (χ1n) is 8.64. The van der Waals surface area contributed by atoms with Gasteiger partial charge in [-0.3, -0.25) is 4.79 Å². The van der Waals surface area contributed by atoms with Crippen molar-refractivity contribution in [1.82, 2.24) is 9.97 Å². The average molecular weight is 376 g/mol. The van der Waals surface area contributed by atoms with Gasteiger partial charge < -0.3 is 10.3 Å². The van der Waals surface area contributed by atoms with Crippen LogP contribution in [0.25, 0.3) is 22.4 Å². The van der Waals surface area contributed by atoms with E-state index in [0.29, 0.717) is 10.6 Å². The van der Waals surface area contributed by atoms with Crippen LogP contribution in [0.4, 0.5) is 5.69 Å². The number of nitrogens with one attached hydrogen (secondary N) is 2. The first-order valence-corrected chi connectivity index (χ1v) is 9.02. The highest BCUT2D eigenvalue weighted by molar-refractivity contribution is 6.30. The minimum absolute atomic E-state index is 0.160. The maximum Gasteiger partial charge on any atom is 0.255 e. The highest BCUT2D eigenvalue weighted by atomic mass is 35.5. The van der Waals surface area contributed by atoms with E-state index in [9.17, 15) is 4.79 Å². The van der Waals surface area contributed by atoms with E-state index in [4.69, 9.17) is 11.6 Å². The zero-order valence-electron chi connectivity index (χ0n) is 15.0. The molecule has 0 spiro atoms. The number of benzene rings is 3. The van der Waals surface area contributed by atoms with E-state index in [-0.39, 0.29) is 5.91 Å². The second kappa shape index (κ2) is 6.89. The lowest BCUT2D eigenvalue weighted by molar-refractivity contribution is 0.102. The summed E-state index contributed by atoms with van der Waals surface area (Å²) < 4.78 is 0. The highest BCUT2D eigenvalue weighted by Gasteiger charge is 2.10. The highest BCUT2D eigenvalue weighted by Crippen LogP contribution is 2.23. The number of rotatable bonds is 3. The summed E-state index contributed by atoms with van der Waals surface area (Å²) in [4.78, 5) is 20.5. The Kier molecular flexibility index (Phi) is 4.42. The number of fused-ring (bicyclic) bond motifs is 1. The van der Waals surface area contributed by atoms with Gasteiger partial charge in [-0.2, -0.15) is 0 Å². The van der Waals surface area contributed by atoms with Gasteiger partial charge in [0.1, 0.15) is 5.82 Å². The molecule has 0 aliphatic heterocycles. The Bertz CT molecular complexity index is 1150. The standard InChI is InChI=1S/C22H18ClN3O/c1-13-3-9-19-20(11-13)25-21(24-19)15-4-6-16(7-5-15)22(27)26-18-10-8-17(23)12-14(18)2/h3-12H,1-2H3,(H,24,25)(H,26,27). The average Bonchev–Trinajstić information content (AvgIpc) is 3.07. The summed E-state index contributed by atoms with van der Waals surface area (Å²) in [5.41, 5.74) is 6.30. The normalized spacial score (nSPS) is 10.9. The van der Waals surface area contributed by atoms with Crippen LogP contribution in [0.3, 0.4) is 0 Å². The van der Waals surface area contributed by atoms with Gasteiger partial charge in [0.25, 0.3) is 5.91 Å². The smallest absolute Gasteiger partial charge is 0.255 e. The number of carbonyl (C=O) groups excluding carboxylic acids is 1. The largest absolute Gasteiger partial charge is 0.338 e. The molecule has 134 valence electrons. The lowest BCUT2D eigenvalue weighted by Gasteiger charge is -2.09. The van der Waals surface area contributed by atoms with E-state index in [1.165, 1.54) is 5.56 Å². The van der Waals surface area contributed by atoms with Crippen LogP contribution in [-0.2, 0) is 0 Å². The number of aromatic amines is 1. The molecule has 1 aromatic heterocycles. The van der Waals surface area contributed by atoms with Gasteiger partial charge in [0.05, 0.1) is 11.0 Å². The Morgan fingerprint density at radius 2 is 1.78 bits per heavy atom. The second-order valence-electron chi connectivity index (χ2n) is 6.60. The summed E-state index contributed by atoms with van der Waals surface area (Å²) in [5, 5.41) is 3.57. The van der Waals surface area contributed by atoms with Gasteiger partial charge in [-0.05, 0) is 67.4 Å². The fourth-order valence-corrected chi connectivity index (χ4v) is 3.23. The number of H-pyrrole nitrogens is 1. The molecule has 5 heteroatoms. The summed E-state index contributed by atoms with van der Waals surface area (Å²) in [6.07, 6.45) is 0. The zero-order valence-corrected chi connectivity index (χ0v) is 15.8. The molecule has 0 fully saturated rings. The second-order valence-corrected chi connectivity index (χ2v) is 7.03. The number of aryl methyl sites for hydroxylation is 2. The van der Waals surface area contributed by atoms with Gasteiger partial charge in [-0.15, -0.1) is 0 Å². The number of hydrogen-bond acceptors (Lipinski definition) is 2. The van der Waals surface area contributed by atoms with E-state index in [1.54, 1.807) is 24.3 Å². The van der Waals surface area contributed by atoms with Crippen LogP contribution in [0.1, 0.15) is 21.5 Å². The lowest BCUT2D eigenvalue weighted by Crippen LogP contribution is -2.12. The fraction of sp³-hybridized carbons (Fsp3) is 0.0909. The van der Waals surface area contributed by atoms with Gasteiger partial charge in [0, 0.05) is 21.8 Å². The summed E-state index contributed by atoms with van der Waals surface area (Å²) in [6, 6.07) is 18.9. The topological polar surface area (TPSA) is 57.8 Å². The molecule has 1 heterocycles. The van der Waals surface area contributed by atoms with Crippen LogP contribution in [0.5, 0.6) is 0 Å². The van der Waals surface area contributed by atoms with Gasteiger partial charge in [-0.25, -0.2) is 4.98 Å². The number of imidazole rings is 1. The third-order valence-corrected chi connectivity index (χ3v) is 4.73. The third kappa shape index (κ3) is 3.57. The lowest BCUT2D eigenvalue weighted by atomic mass is 10.1. The van der Waals surface area contributed by atoms with Crippen molar-refractivity contribution in [3.8, 4) is 11.4 Å². The number of halogens is 1. The van der Waals surface area contributed by atoms with E-state index >= 15 is 0 Å². The van der Waals surface area contributed by atoms with E-state index in [0.717, 1.165) is 33.7 Å². The van der Waals surface area contributed by atoms with Gasteiger partial charge >= 0.3 is 0 Å². The Labute approximate surface area is 162 Å². The molecular formula is C22H18ClN3O. The zero-order chi connectivity index (χ0) is 19.0. The predicted molar refractivity (Wildman–Crippen MR) is 110 cm³/mol. The van der Waals surface area contributed by atoms with Crippen LogP contribution in [0, 0.1) is 13.8 Å². The molecule has 0 unspecified atom stereocenters. The van der Waals surface area contributed by atoms with Crippen LogP contribution in [-0.4, -0.2) is 15.9 Å². The van der Waals surface area contributed by atoms with Crippen molar-refractivity contribution in [2.45, 2.75) is 13.8 Å². The Balaban J connectivity index is 1.56. The number of hydrogen-bond donors (Lipinski definition) is 2. The molecule has 0 radical (unpaired) electrons. The van der Waals surface area contributed by atoms with Crippen LogP contribution < -0.4 is 5.32 Å². The molecule has 2 N–H and O–H groups in total. The first kappa shape index (κ1) is 17.3. The molecule has 4 rings (SSSR count). The fourth-order valence-electron chi connectivity index (χ4n) is 3.00. The number of aromatic nitrogens is 2. The first-order chi connectivity index (χ1) is 13.0. The summed E-state index contributed by atoms with van der Waals surface area (Å²) in [7, 11) is 0. The molecule has 0 bridgehead atoms. The molecule has 4 aromatic rings. The number of amides is 1. The maximum absolute atomic E-state index is 12.5. The van der Waals surface area contributed by atoms with Crippen molar-refractivity contribution >= 4 is 34.2 Å². The van der Waals surface area contributed by atoms with Crippen molar-refractivity contribution in [2.24, 2.45) is 0 Å². The van der Waals surface area contributed by atoms with Crippen molar-refractivity contribution in [3.05, 3.63) is 82.4 Å². The van der Waals surface area contributed by atoms with E-state index < -0.39 is 0 Å². The SMILES string of the molecule is Cc1ccc2nc(-c3ccc(C(=O)Nc4ccc(Cl)cc4C)cc3)[nH]c2c1. The van der Waals surface area contributed by atoms with Gasteiger partial charge in [0.2, 0.25) is 0 Å². The Morgan fingerprint density at radius 1 is 1.00 bits per heavy atom. The van der Waals surface area contributed by atoms with Crippen molar-refractivity contribution in [3.63, 3.8) is 0 Å². The summed E-state index contributed by atoms with van der Waals surface area (Å²) >= 11 is 5.96. The van der Waals surface area contributed by atoms with Crippen LogP contribution >= 0.6 is 11.6 Å². The third-order valence-electron chi connectivity index (χ3n) is 4.49. The monoisotopic (exact) mass is 375 g/mol. The molecule has 1 amide bonds. The number of carbonyl (C=O) groups is 1. The molecule has 27 heavy (non-hydrogen) atoms. The predicted octanol–water partition coefficient (Wildman–Crippen LogP) is 5.75. The molecule has 4 nitrogen and oxygen atoms in total. The molecule has 0 saturated heterocycles. The molecule has 3 aromatic carbocycles. The van der Waals surface area contributed by atoms with E-state index in [2.05, 4.69) is 28.3 Å². The molecule has 0 atom stereocenters. The quantitative estimate of drug-likeness (QED) is 0.478. The minimum Gasteiger partial charge on any atom is -0.338 e. The Morgan fingerprint density at radius 3 is 2.52 bits per heavy atom. The van der Waals surface area contributed by atoms with Gasteiger partial charge in [0.15, 0.2) is 0 Å². The molecule has 0 aliphatic carbocycles. The number of anilines is 1. The Hall–Kier alpha value is -3.11. The van der Waals surface area contributed by atoms with Crippen molar-refractivity contribution in [2.75, 3.05) is 5.32 Å².